The van der Waals surface area contributed by atoms with Crippen LogP contribution in [0.4, 0.5) is 18.4 Å². The molecule has 2 fully saturated rings. The Hall–Kier alpha value is -3.92. The molecular formula is C33H43F2N3O10S. The van der Waals surface area contributed by atoms with Crippen LogP contribution in [0, 0.1) is 11.8 Å². The first-order valence-corrected chi connectivity index (χ1v) is 16.7. The summed E-state index contributed by atoms with van der Waals surface area (Å²) in [5, 5.41) is 19.8. The fourth-order valence-corrected chi connectivity index (χ4v) is 7.71. The van der Waals surface area contributed by atoms with Gasteiger partial charge >= 0.3 is 24.8 Å². The first kappa shape index (κ1) is 37.9. The van der Waals surface area contributed by atoms with E-state index in [1.165, 1.54) is 41.0 Å². The van der Waals surface area contributed by atoms with Crippen molar-refractivity contribution < 1.29 is 57.2 Å². The van der Waals surface area contributed by atoms with Gasteiger partial charge in [-0.2, -0.15) is 8.78 Å². The van der Waals surface area contributed by atoms with Gasteiger partial charge in [-0.3, -0.25) is 14.5 Å². The van der Waals surface area contributed by atoms with Gasteiger partial charge in [-0.15, -0.1) is 11.8 Å². The molecule has 0 radical (unpaired) electrons. The number of carbonyl (C=O) groups is 5. The molecule has 270 valence electrons. The lowest BCUT2D eigenvalue weighted by molar-refractivity contribution is -0.163. The molecule has 0 saturated carbocycles. The number of imide groups is 1. The molecule has 0 aliphatic carbocycles. The predicted octanol–water partition coefficient (Wildman–Crippen LogP) is 4.82. The number of halogens is 2. The van der Waals surface area contributed by atoms with Crippen molar-refractivity contribution in [2.75, 3.05) is 6.54 Å². The van der Waals surface area contributed by atoms with Gasteiger partial charge in [0.15, 0.2) is 0 Å². The summed E-state index contributed by atoms with van der Waals surface area (Å²) < 4.78 is 40.9. The second-order valence-electron chi connectivity index (χ2n) is 14.3. The van der Waals surface area contributed by atoms with Crippen LogP contribution < -0.4 is 4.74 Å². The van der Waals surface area contributed by atoms with Crippen molar-refractivity contribution in [3.63, 3.8) is 0 Å². The minimum Gasteiger partial charge on any atom is -0.477 e. The molecule has 6 atom stereocenters. The molecule has 13 nitrogen and oxygen atoms in total. The maximum atomic E-state index is 14.3. The van der Waals surface area contributed by atoms with E-state index in [9.17, 15) is 43.0 Å². The Morgan fingerprint density at radius 3 is 2.14 bits per heavy atom. The number of carboxylic acid groups (broad SMARTS) is 1. The molecule has 3 heterocycles. The number of thioether (sulfide) groups is 1. The van der Waals surface area contributed by atoms with Gasteiger partial charge in [-0.25, -0.2) is 19.3 Å². The van der Waals surface area contributed by atoms with Gasteiger partial charge in [0.2, 0.25) is 5.91 Å². The molecular weight excluding hydrogens is 668 g/mol. The fourth-order valence-electron chi connectivity index (χ4n) is 6.19. The number of β-lactam (4-membered cyclic amide) rings is 1. The van der Waals surface area contributed by atoms with Crippen molar-refractivity contribution >= 4 is 41.7 Å². The summed E-state index contributed by atoms with van der Waals surface area (Å²) in [4.78, 5) is 70.2. The number of aliphatic carboxylic acids is 1. The third-order valence-electron chi connectivity index (χ3n) is 8.15. The Balaban J connectivity index is 1.66. The van der Waals surface area contributed by atoms with Crippen LogP contribution in [0.25, 0.3) is 0 Å². The lowest BCUT2D eigenvalue weighted by atomic mass is 9.79. The molecule has 0 aromatic heterocycles. The summed E-state index contributed by atoms with van der Waals surface area (Å²) >= 11 is 1.14. The van der Waals surface area contributed by atoms with Crippen LogP contribution in [0.5, 0.6) is 5.75 Å². The Morgan fingerprint density at radius 1 is 1.04 bits per heavy atom. The number of nitrogens with zero attached hydrogens (tertiary/aromatic N) is 3. The summed E-state index contributed by atoms with van der Waals surface area (Å²) in [5.74, 6) is -3.94. The number of alkyl halides is 2. The number of carboxylic acids is 1. The maximum absolute atomic E-state index is 14.3. The monoisotopic (exact) mass is 711 g/mol. The van der Waals surface area contributed by atoms with E-state index in [0.717, 1.165) is 16.7 Å². The normalized spacial score (nSPS) is 24.4. The molecule has 16 heteroatoms. The molecule has 1 aromatic rings. The molecule has 3 unspecified atom stereocenters. The van der Waals surface area contributed by atoms with Crippen LogP contribution in [0.3, 0.4) is 0 Å². The van der Waals surface area contributed by atoms with Crippen molar-refractivity contribution in [2.24, 2.45) is 11.8 Å². The van der Waals surface area contributed by atoms with E-state index in [4.69, 9.17) is 9.47 Å². The average molecular weight is 712 g/mol. The number of rotatable bonds is 9. The second-order valence-corrected chi connectivity index (χ2v) is 15.7. The first-order chi connectivity index (χ1) is 22.6. The van der Waals surface area contributed by atoms with Gasteiger partial charge in [0.1, 0.15) is 28.7 Å². The largest absolute Gasteiger partial charge is 0.477 e. The van der Waals surface area contributed by atoms with Gasteiger partial charge < -0.3 is 29.3 Å². The highest BCUT2D eigenvalue weighted by Gasteiger charge is 2.60. The third-order valence-corrected chi connectivity index (χ3v) is 9.64. The molecule has 2 saturated heterocycles. The van der Waals surface area contributed by atoms with E-state index in [1.807, 2.05) is 0 Å². The highest BCUT2D eigenvalue weighted by atomic mass is 32.2. The Kier molecular flexibility index (Phi) is 10.9. The molecule has 3 aliphatic heterocycles. The summed E-state index contributed by atoms with van der Waals surface area (Å²) in [6, 6.07) is 3.56. The van der Waals surface area contributed by atoms with Crippen LogP contribution >= 0.6 is 11.8 Å². The zero-order valence-corrected chi connectivity index (χ0v) is 29.5. The number of hydrogen-bond donors (Lipinski definition) is 2. The minimum absolute atomic E-state index is 0.00916. The van der Waals surface area contributed by atoms with Gasteiger partial charge in [-0.05, 0) is 72.6 Å². The van der Waals surface area contributed by atoms with E-state index in [1.54, 1.807) is 48.5 Å². The standard InChI is InChI=1S/C33H43F2N3O10S/c1-16-23-22(17(2)39)27(41)38(23)24(28(42)43)25(16)49-20-13-21(36(15-20)30(44)47-32(3,4)5)26(40)37(31(45)48-33(6,7)8)14-18-9-11-19(12-10-18)46-29(34)35/h9-12,16-17,20-23,29,39H,13-15H2,1-8H3,(H,42,43)/t16?,17-,20+,21+,22?,23?/m1/s1. The summed E-state index contributed by atoms with van der Waals surface area (Å²) in [7, 11) is 0. The van der Waals surface area contributed by atoms with Gasteiger partial charge in [0.25, 0.3) is 5.91 Å². The lowest BCUT2D eigenvalue weighted by Crippen LogP contribution is -2.63. The SMILES string of the molecule is CC1C(S[C@H]2C[C@@H](C(=O)N(Cc3ccc(OC(F)F)cc3)C(=O)OC(C)(C)C)N(C(=O)OC(C)(C)C)C2)=C(C(=O)O)N2C(=O)C([C@@H](C)O)C12. The number of fused-ring (bicyclic) bond motifs is 1. The van der Waals surface area contributed by atoms with Crippen LogP contribution in [0.1, 0.15) is 67.4 Å². The van der Waals surface area contributed by atoms with E-state index in [0.29, 0.717) is 10.5 Å². The van der Waals surface area contributed by atoms with Crippen molar-refractivity contribution in [2.45, 2.75) is 110 Å². The Bertz CT molecular complexity index is 1510. The van der Waals surface area contributed by atoms with Gasteiger partial charge in [0.05, 0.1) is 24.6 Å². The van der Waals surface area contributed by atoms with Crippen molar-refractivity contribution in [3.8, 4) is 5.75 Å². The van der Waals surface area contributed by atoms with Crippen LogP contribution in [-0.2, 0) is 30.4 Å². The fraction of sp³-hybridized carbons (Fsp3) is 0.606. The number of aliphatic hydroxyl groups excluding tert-OH is 1. The van der Waals surface area contributed by atoms with Gasteiger partial charge in [-0.1, -0.05) is 19.1 Å². The first-order valence-electron chi connectivity index (χ1n) is 15.8. The zero-order valence-electron chi connectivity index (χ0n) is 28.6. The smallest absolute Gasteiger partial charge is 0.417 e. The molecule has 2 N–H and O–H groups in total. The molecule has 1 aromatic carbocycles. The van der Waals surface area contributed by atoms with Crippen LogP contribution in [-0.4, -0.2) is 103 Å². The minimum atomic E-state index is -3.04. The predicted molar refractivity (Wildman–Crippen MR) is 172 cm³/mol. The Morgan fingerprint density at radius 2 is 1.63 bits per heavy atom. The molecule has 4 amide bonds. The molecule has 4 rings (SSSR count). The molecule has 49 heavy (non-hydrogen) atoms. The van der Waals surface area contributed by atoms with Crippen molar-refractivity contribution in [3.05, 3.63) is 40.4 Å². The number of aliphatic hydroxyl groups is 1. The van der Waals surface area contributed by atoms with E-state index in [-0.39, 0.29) is 31.0 Å². The number of amides is 4. The maximum Gasteiger partial charge on any atom is 0.417 e. The topological polar surface area (TPSA) is 163 Å². The quantitative estimate of drug-likeness (QED) is 0.338. The zero-order chi connectivity index (χ0) is 36.7. The van der Waals surface area contributed by atoms with E-state index in [2.05, 4.69) is 4.74 Å². The van der Waals surface area contributed by atoms with Crippen molar-refractivity contribution in [1.82, 2.24) is 14.7 Å². The Labute approximate surface area is 287 Å². The van der Waals surface area contributed by atoms with E-state index < -0.39 is 83.1 Å². The second kappa shape index (κ2) is 14.1. The van der Waals surface area contributed by atoms with Crippen molar-refractivity contribution in [1.29, 1.82) is 0 Å². The summed E-state index contributed by atoms with van der Waals surface area (Å²) in [5.41, 5.74) is -1.76. The number of benzene rings is 1. The highest BCUT2D eigenvalue weighted by molar-refractivity contribution is 8.03. The number of likely N-dealkylation sites (tertiary alicyclic amines) is 1. The van der Waals surface area contributed by atoms with Gasteiger partial charge in [0, 0.05) is 22.6 Å². The molecule has 3 aliphatic rings. The van der Waals surface area contributed by atoms with Crippen LogP contribution in [0.15, 0.2) is 34.9 Å². The molecule has 0 bridgehead atoms. The summed E-state index contributed by atoms with van der Waals surface area (Å²) in [6.07, 6.45) is -2.83. The third kappa shape index (κ3) is 8.46. The lowest BCUT2D eigenvalue weighted by Gasteiger charge is -2.46. The number of carbonyl (C=O) groups excluding carboxylic acids is 4. The summed E-state index contributed by atoms with van der Waals surface area (Å²) in [6.45, 7) is 9.63. The average Bonchev–Trinajstić information content (AvgIpc) is 3.47. The van der Waals surface area contributed by atoms with E-state index >= 15 is 0 Å². The number of hydrogen-bond acceptors (Lipinski definition) is 10. The molecule has 0 spiro atoms. The van der Waals surface area contributed by atoms with Crippen LogP contribution in [0.2, 0.25) is 0 Å². The number of ether oxygens (including phenoxy) is 3. The highest BCUT2D eigenvalue weighted by Crippen LogP contribution is 2.52.